The van der Waals surface area contributed by atoms with Crippen molar-refractivity contribution in [1.82, 2.24) is 15.1 Å². The van der Waals surface area contributed by atoms with Crippen LogP contribution in [0.2, 0.25) is 0 Å². The lowest BCUT2D eigenvalue weighted by atomic mass is 10.2. The fourth-order valence-corrected chi connectivity index (χ4v) is 1.33. The molecule has 1 atom stereocenters. The number of aryl methyl sites for hydroxylation is 1. The van der Waals surface area contributed by atoms with Crippen LogP contribution in [0.25, 0.3) is 0 Å². The van der Waals surface area contributed by atoms with Gasteiger partial charge in [-0.3, -0.25) is 9.48 Å². The third-order valence-corrected chi connectivity index (χ3v) is 2.12. The summed E-state index contributed by atoms with van der Waals surface area (Å²) in [6.07, 6.45) is -3.89. The van der Waals surface area contributed by atoms with Crippen molar-refractivity contribution in [3.8, 4) is 0 Å². The summed E-state index contributed by atoms with van der Waals surface area (Å²) in [5.74, 6) is -3.90. The average Bonchev–Trinajstić information content (AvgIpc) is 2.71. The van der Waals surface area contributed by atoms with E-state index >= 15 is 0 Å². The third-order valence-electron chi connectivity index (χ3n) is 2.12. The molecule has 6 nitrogen and oxygen atoms in total. The molecule has 0 fully saturated rings. The Labute approximate surface area is 99.4 Å². The maximum absolute atomic E-state index is 12.1. The fourth-order valence-electron chi connectivity index (χ4n) is 1.33. The molecule has 0 bridgehead atoms. The van der Waals surface area contributed by atoms with Gasteiger partial charge in [-0.05, 0) is 13.0 Å². The topological polar surface area (TPSA) is 84.2 Å². The minimum atomic E-state index is -5.13. The minimum absolute atomic E-state index is 0.0254. The highest BCUT2D eigenvalue weighted by atomic mass is 19.4. The molecule has 0 aliphatic heterocycles. The van der Waals surface area contributed by atoms with Gasteiger partial charge in [0.05, 0.1) is 5.69 Å². The van der Waals surface area contributed by atoms with Gasteiger partial charge < -0.3 is 10.4 Å². The zero-order chi connectivity index (χ0) is 13.9. The lowest BCUT2D eigenvalue weighted by Crippen LogP contribution is -2.42. The molecule has 0 aromatic carbocycles. The molecule has 2 N–H and O–H groups in total. The lowest BCUT2D eigenvalue weighted by Gasteiger charge is -2.16. The van der Waals surface area contributed by atoms with E-state index in [-0.39, 0.29) is 12.2 Å². The monoisotopic (exact) mass is 265 g/mol. The standard InChI is InChI=1S/C9H10F3N3O3/c1-2-15-5(3-4-13-15)6(7(16)17)14-8(18)9(10,11)12/h3-4,6H,2H2,1H3,(H,14,18)(H,16,17). The van der Waals surface area contributed by atoms with Gasteiger partial charge in [0.25, 0.3) is 0 Å². The van der Waals surface area contributed by atoms with Gasteiger partial charge in [-0.15, -0.1) is 0 Å². The Morgan fingerprint density at radius 3 is 2.61 bits per heavy atom. The van der Waals surface area contributed by atoms with Crippen LogP contribution in [-0.2, 0) is 16.1 Å². The number of nitrogens with zero attached hydrogens (tertiary/aromatic N) is 2. The van der Waals surface area contributed by atoms with Crippen LogP contribution in [-0.4, -0.2) is 32.9 Å². The van der Waals surface area contributed by atoms with Gasteiger partial charge in [-0.2, -0.15) is 18.3 Å². The molecule has 0 spiro atoms. The van der Waals surface area contributed by atoms with Crippen LogP contribution in [0, 0.1) is 0 Å². The van der Waals surface area contributed by atoms with E-state index in [0.29, 0.717) is 0 Å². The smallest absolute Gasteiger partial charge is 0.471 e. The SMILES string of the molecule is CCn1nccc1C(NC(=O)C(F)(F)F)C(=O)O. The molecule has 9 heteroatoms. The summed E-state index contributed by atoms with van der Waals surface area (Å²) < 4.78 is 37.4. The van der Waals surface area contributed by atoms with Crippen molar-refractivity contribution in [1.29, 1.82) is 0 Å². The van der Waals surface area contributed by atoms with E-state index in [1.165, 1.54) is 22.3 Å². The number of carboxylic acid groups (broad SMARTS) is 1. The summed E-state index contributed by atoms with van der Waals surface area (Å²) in [6.45, 7) is 1.91. The largest absolute Gasteiger partial charge is 0.479 e. The number of carboxylic acids is 1. The number of aliphatic carboxylic acids is 1. The van der Waals surface area contributed by atoms with Crippen molar-refractivity contribution in [3.05, 3.63) is 18.0 Å². The summed E-state index contributed by atoms with van der Waals surface area (Å²) in [5.41, 5.74) is -0.0254. The molecule has 0 radical (unpaired) electrons. The Morgan fingerprint density at radius 1 is 1.56 bits per heavy atom. The zero-order valence-corrected chi connectivity index (χ0v) is 9.23. The Bertz CT molecular complexity index is 455. The minimum Gasteiger partial charge on any atom is -0.479 e. The Morgan fingerprint density at radius 2 is 2.17 bits per heavy atom. The van der Waals surface area contributed by atoms with Crippen LogP contribution in [0.4, 0.5) is 13.2 Å². The van der Waals surface area contributed by atoms with E-state index in [9.17, 15) is 22.8 Å². The molecular formula is C9H10F3N3O3. The number of aromatic nitrogens is 2. The number of amides is 1. The maximum Gasteiger partial charge on any atom is 0.471 e. The predicted molar refractivity (Wildman–Crippen MR) is 52.5 cm³/mol. The second-order valence-corrected chi connectivity index (χ2v) is 3.31. The molecule has 100 valence electrons. The molecule has 1 amide bonds. The summed E-state index contributed by atoms with van der Waals surface area (Å²) in [4.78, 5) is 21.7. The normalized spacial score (nSPS) is 13.1. The van der Waals surface area contributed by atoms with Crippen molar-refractivity contribution in [2.45, 2.75) is 25.7 Å². The van der Waals surface area contributed by atoms with Crippen molar-refractivity contribution in [2.75, 3.05) is 0 Å². The number of hydrogen-bond acceptors (Lipinski definition) is 3. The van der Waals surface area contributed by atoms with Crippen molar-refractivity contribution in [3.63, 3.8) is 0 Å². The first-order valence-electron chi connectivity index (χ1n) is 4.89. The Kier molecular flexibility index (Phi) is 3.94. The van der Waals surface area contributed by atoms with E-state index in [2.05, 4.69) is 5.10 Å². The van der Waals surface area contributed by atoms with Gasteiger partial charge in [0.2, 0.25) is 0 Å². The van der Waals surface area contributed by atoms with Gasteiger partial charge in [0, 0.05) is 12.7 Å². The number of halogens is 3. The predicted octanol–water partition coefficient (Wildman–Crippen LogP) is 0.707. The Balaban J connectivity index is 2.98. The molecule has 1 aromatic heterocycles. The van der Waals surface area contributed by atoms with Crippen LogP contribution >= 0.6 is 0 Å². The van der Waals surface area contributed by atoms with Gasteiger partial charge in [0.1, 0.15) is 0 Å². The molecule has 0 aliphatic carbocycles. The molecule has 1 aromatic rings. The number of alkyl halides is 3. The summed E-state index contributed by atoms with van der Waals surface area (Å²) >= 11 is 0. The van der Waals surface area contributed by atoms with Crippen molar-refractivity contribution >= 4 is 11.9 Å². The van der Waals surface area contributed by atoms with Crippen LogP contribution in [0.5, 0.6) is 0 Å². The fraction of sp³-hybridized carbons (Fsp3) is 0.444. The molecule has 1 rings (SSSR count). The van der Waals surface area contributed by atoms with Gasteiger partial charge in [-0.1, -0.05) is 0 Å². The quantitative estimate of drug-likeness (QED) is 0.839. The van der Waals surface area contributed by atoms with Crippen molar-refractivity contribution < 1.29 is 27.9 Å². The first kappa shape index (κ1) is 14.0. The second-order valence-electron chi connectivity index (χ2n) is 3.31. The molecule has 1 unspecified atom stereocenters. The highest BCUT2D eigenvalue weighted by molar-refractivity contribution is 5.87. The molecule has 18 heavy (non-hydrogen) atoms. The van der Waals surface area contributed by atoms with Gasteiger partial charge >= 0.3 is 18.1 Å². The number of nitrogens with one attached hydrogen (secondary N) is 1. The van der Waals surface area contributed by atoms with Gasteiger partial charge in [0.15, 0.2) is 6.04 Å². The van der Waals surface area contributed by atoms with Crippen LogP contribution < -0.4 is 5.32 Å². The first-order chi connectivity index (χ1) is 8.27. The number of hydrogen-bond donors (Lipinski definition) is 2. The number of carbonyl (C=O) groups excluding carboxylic acids is 1. The molecule has 1 heterocycles. The summed E-state index contributed by atoms with van der Waals surface area (Å²) in [6, 6.07) is -0.555. The molecule has 0 aliphatic rings. The zero-order valence-electron chi connectivity index (χ0n) is 9.23. The van der Waals surface area contributed by atoms with E-state index in [1.807, 2.05) is 0 Å². The van der Waals surface area contributed by atoms with Gasteiger partial charge in [-0.25, -0.2) is 4.79 Å². The maximum atomic E-state index is 12.1. The van der Waals surface area contributed by atoms with E-state index in [0.717, 1.165) is 0 Å². The van der Waals surface area contributed by atoms with E-state index < -0.39 is 24.1 Å². The van der Waals surface area contributed by atoms with Crippen LogP contribution in [0.15, 0.2) is 12.3 Å². The lowest BCUT2D eigenvalue weighted by molar-refractivity contribution is -0.175. The highest BCUT2D eigenvalue weighted by Gasteiger charge is 2.41. The summed E-state index contributed by atoms with van der Waals surface area (Å²) in [5, 5.41) is 14.0. The number of rotatable bonds is 4. The number of carbonyl (C=O) groups is 2. The van der Waals surface area contributed by atoms with Crippen molar-refractivity contribution in [2.24, 2.45) is 0 Å². The second kappa shape index (κ2) is 5.07. The van der Waals surface area contributed by atoms with Crippen LogP contribution in [0.3, 0.4) is 0 Å². The van der Waals surface area contributed by atoms with E-state index in [1.54, 1.807) is 6.92 Å². The highest BCUT2D eigenvalue weighted by Crippen LogP contribution is 2.19. The van der Waals surface area contributed by atoms with E-state index in [4.69, 9.17) is 5.11 Å². The first-order valence-corrected chi connectivity index (χ1v) is 4.89. The summed E-state index contributed by atoms with van der Waals surface area (Å²) in [7, 11) is 0. The molecule has 0 saturated heterocycles. The van der Waals surface area contributed by atoms with Crippen LogP contribution in [0.1, 0.15) is 18.7 Å². The third kappa shape index (κ3) is 2.99. The Hall–Kier alpha value is -2.06. The molecule has 0 saturated carbocycles. The molecular weight excluding hydrogens is 255 g/mol. The average molecular weight is 265 g/mol.